The van der Waals surface area contributed by atoms with Gasteiger partial charge in [-0.1, -0.05) is 50.3 Å². The van der Waals surface area contributed by atoms with E-state index in [1.165, 1.54) is 5.56 Å². The lowest BCUT2D eigenvalue weighted by Gasteiger charge is -2.03. The van der Waals surface area contributed by atoms with Crippen LogP contribution in [-0.2, 0) is 22.6 Å². The van der Waals surface area contributed by atoms with Crippen molar-refractivity contribution in [1.82, 2.24) is 0 Å². The number of rotatable bonds is 6. The molecule has 26 heavy (non-hydrogen) atoms. The van der Waals surface area contributed by atoms with Gasteiger partial charge in [0.2, 0.25) is 0 Å². The van der Waals surface area contributed by atoms with Crippen LogP contribution >= 0.6 is 0 Å². The molecule has 1 heterocycles. The molecule has 0 spiro atoms. The lowest BCUT2D eigenvalue weighted by atomic mass is 10.1. The Morgan fingerprint density at radius 2 is 2.04 bits per heavy atom. The van der Waals surface area contributed by atoms with E-state index < -0.39 is 0 Å². The second-order valence-electron chi connectivity index (χ2n) is 7.48. The van der Waals surface area contributed by atoms with Crippen LogP contribution in [0.2, 0.25) is 0 Å². The summed E-state index contributed by atoms with van der Waals surface area (Å²) in [4.78, 5) is 12.4. The molecule has 1 aromatic carbocycles. The predicted molar refractivity (Wildman–Crippen MR) is 97.9 cm³/mol. The van der Waals surface area contributed by atoms with E-state index in [9.17, 15) is 4.79 Å². The Hall–Kier alpha value is -2.80. The molecule has 1 saturated carbocycles. The van der Waals surface area contributed by atoms with E-state index in [4.69, 9.17) is 14.4 Å². The normalized spacial score (nSPS) is 21.1. The maximum absolute atomic E-state index is 12.4. The number of esters is 1. The van der Waals surface area contributed by atoms with E-state index in [-0.39, 0.29) is 29.8 Å². The Morgan fingerprint density at radius 3 is 2.73 bits per heavy atom. The summed E-state index contributed by atoms with van der Waals surface area (Å²) >= 11 is 0. The summed E-state index contributed by atoms with van der Waals surface area (Å²) in [6, 6.07) is 14.1. The summed E-state index contributed by atoms with van der Waals surface area (Å²) in [6.45, 7) is 6.02. The monoisotopic (exact) mass is 349 g/mol. The third-order valence-corrected chi connectivity index (χ3v) is 5.08. The van der Waals surface area contributed by atoms with E-state index in [1.54, 1.807) is 13.2 Å². The summed E-state index contributed by atoms with van der Waals surface area (Å²) < 4.78 is 11.1. The van der Waals surface area contributed by atoms with Crippen molar-refractivity contribution < 1.29 is 13.9 Å². The van der Waals surface area contributed by atoms with Gasteiger partial charge in [-0.05, 0) is 29.9 Å². The Labute approximate surface area is 154 Å². The summed E-state index contributed by atoms with van der Waals surface area (Å²) in [5, 5.41) is 8.92. The van der Waals surface area contributed by atoms with E-state index in [2.05, 4.69) is 6.07 Å². The summed E-state index contributed by atoms with van der Waals surface area (Å²) in [7, 11) is 0. The molecule has 4 heteroatoms. The first-order valence-corrected chi connectivity index (χ1v) is 8.77. The molecule has 2 unspecified atom stereocenters. The third kappa shape index (κ3) is 3.88. The lowest BCUT2D eigenvalue weighted by Crippen LogP contribution is -2.10. The van der Waals surface area contributed by atoms with Gasteiger partial charge < -0.3 is 9.15 Å². The molecule has 0 saturated heterocycles. The van der Waals surface area contributed by atoms with Crippen molar-refractivity contribution in [3.63, 3.8) is 0 Å². The number of hydrogen-bond acceptors (Lipinski definition) is 4. The predicted octanol–water partition coefficient (Wildman–Crippen LogP) is 4.66. The minimum atomic E-state index is -0.215. The summed E-state index contributed by atoms with van der Waals surface area (Å²) in [6.07, 6.45) is 4.23. The van der Waals surface area contributed by atoms with Crippen molar-refractivity contribution in [1.29, 1.82) is 5.26 Å². The van der Waals surface area contributed by atoms with Crippen molar-refractivity contribution >= 4 is 5.97 Å². The van der Waals surface area contributed by atoms with Gasteiger partial charge in [-0.25, -0.2) is 0 Å². The van der Waals surface area contributed by atoms with Crippen LogP contribution in [0.5, 0.6) is 0 Å². The van der Waals surface area contributed by atoms with Crippen molar-refractivity contribution in [2.45, 2.75) is 33.8 Å². The fraction of sp³-hybridized carbons (Fsp3) is 0.364. The lowest BCUT2D eigenvalue weighted by molar-refractivity contribution is -0.147. The van der Waals surface area contributed by atoms with Gasteiger partial charge in [0.15, 0.2) is 0 Å². The molecular weight excluding hydrogens is 326 g/mol. The second kappa shape index (κ2) is 7.21. The zero-order valence-electron chi connectivity index (χ0n) is 15.4. The Balaban J connectivity index is 1.55. The standard InChI is InChI=1S/C22H23NO3/c1-15(12-23)9-19-20(22(19,2)3)21(24)26-14-17-11-18(25-13-17)10-16-7-5-4-6-8-16/h4-9,11,13,19-20H,10,14H2,1-3H3/b15-9-. The van der Waals surface area contributed by atoms with Crippen LogP contribution in [0.15, 0.2) is 58.7 Å². The first kappa shape index (κ1) is 18.0. The molecule has 0 bridgehead atoms. The van der Waals surface area contributed by atoms with Gasteiger partial charge >= 0.3 is 5.97 Å². The van der Waals surface area contributed by atoms with Crippen molar-refractivity contribution in [2.75, 3.05) is 0 Å². The van der Waals surface area contributed by atoms with Gasteiger partial charge in [-0.15, -0.1) is 0 Å². The molecular formula is C22H23NO3. The minimum Gasteiger partial charge on any atom is -0.469 e. The van der Waals surface area contributed by atoms with Gasteiger partial charge in [-0.3, -0.25) is 4.79 Å². The van der Waals surface area contributed by atoms with Crippen LogP contribution in [0.1, 0.15) is 37.7 Å². The number of nitriles is 1. The summed E-state index contributed by atoms with van der Waals surface area (Å²) in [5.41, 5.74) is 2.50. The highest BCUT2D eigenvalue weighted by Crippen LogP contribution is 2.59. The number of nitrogens with zero attached hydrogens (tertiary/aromatic N) is 1. The van der Waals surface area contributed by atoms with E-state index in [1.807, 2.05) is 56.3 Å². The van der Waals surface area contributed by atoms with Crippen molar-refractivity contribution in [3.05, 3.63) is 71.2 Å². The van der Waals surface area contributed by atoms with Crippen LogP contribution in [0, 0.1) is 28.6 Å². The zero-order valence-corrected chi connectivity index (χ0v) is 15.4. The number of benzene rings is 1. The smallest absolute Gasteiger partial charge is 0.310 e. The van der Waals surface area contributed by atoms with Gasteiger partial charge in [0.1, 0.15) is 12.4 Å². The molecule has 1 aliphatic rings. The number of furan rings is 1. The van der Waals surface area contributed by atoms with Crippen molar-refractivity contribution in [3.8, 4) is 6.07 Å². The first-order valence-electron chi connectivity index (χ1n) is 8.77. The van der Waals surface area contributed by atoms with Crippen LogP contribution in [0.3, 0.4) is 0 Å². The van der Waals surface area contributed by atoms with E-state index in [0.29, 0.717) is 12.0 Å². The molecule has 2 aromatic rings. The molecule has 0 amide bonds. The van der Waals surface area contributed by atoms with Crippen LogP contribution < -0.4 is 0 Å². The maximum Gasteiger partial charge on any atom is 0.310 e. The van der Waals surface area contributed by atoms with Crippen LogP contribution in [0.25, 0.3) is 0 Å². The Morgan fingerprint density at radius 1 is 1.31 bits per heavy atom. The fourth-order valence-electron chi connectivity index (χ4n) is 3.38. The number of allylic oxidation sites excluding steroid dienone is 2. The highest BCUT2D eigenvalue weighted by atomic mass is 16.5. The van der Waals surface area contributed by atoms with Crippen molar-refractivity contribution in [2.24, 2.45) is 17.3 Å². The average molecular weight is 349 g/mol. The highest BCUT2D eigenvalue weighted by Gasteiger charge is 2.61. The van der Waals surface area contributed by atoms with Crippen LogP contribution in [-0.4, -0.2) is 5.97 Å². The third-order valence-electron chi connectivity index (χ3n) is 5.08. The summed E-state index contributed by atoms with van der Waals surface area (Å²) in [5.74, 6) is 0.501. The molecule has 0 N–H and O–H groups in total. The topological polar surface area (TPSA) is 63.2 Å². The number of carbonyl (C=O) groups is 1. The van der Waals surface area contributed by atoms with E-state index in [0.717, 1.165) is 11.3 Å². The molecule has 1 aliphatic carbocycles. The minimum absolute atomic E-state index is 0.0626. The molecule has 0 aliphatic heterocycles. The maximum atomic E-state index is 12.4. The highest BCUT2D eigenvalue weighted by molar-refractivity contribution is 5.78. The van der Waals surface area contributed by atoms with Gasteiger partial charge in [0.05, 0.1) is 18.3 Å². The van der Waals surface area contributed by atoms with E-state index >= 15 is 0 Å². The SMILES string of the molecule is C/C(C#N)=C/C1C(C(=O)OCc2coc(Cc3ccccc3)c2)C1(C)C. The molecule has 0 radical (unpaired) electrons. The zero-order chi connectivity index (χ0) is 18.7. The molecule has 4 nitrogen and oxygen atoms in total. The van der Waals surface area contributed by atoms with Gasteiger partial charge in [-0.2, -0.15) is 5.26 Å². The number of hydrogen-bond donors (Lipinski definition) is 0. The van der Waals surface area contributed by atoms with Gasteiger partial charge in [0.25, 0.3) is 0 Å². The molecule has 2 atom stereocenters. The fourth-order valence-corrected chi connectivity index (χ4v) is 3.38. The molecule has 1 fully saturated rings. The first-order chi connectivity index (χ1) is 12.4. The molecule has 1 aromatic heterocycles. The number of carbonyl (C=O) groups excluding carboxylic acids is 1. The second-order valence-corrected chi connectivity index (χ2v) is 7.48. The Bertz CT molecular complexity index is 855. The number of ether oxygens (including phenoxy) is 1. The molecule has 3 rings (SSSR count). The average Bonchev–Trinajstić information content (AvgIpc) is 2.95. The quantitative estimate of drug-likeness (QED) is 0.562. The largest absolute Gasteiger partial charge is 0.469 e. The van der Waals surface area contributed by atoms with Gasteiger partial charge in [0, 0.05) is 17.6 Å². The van der Waals surface area contributed by atoms with Crippen LogP contribution in [0.4, 0.5) is 0 Å². The molecule has 134 valence electrons. The Kier molecular flexibility index (Phi) is 4.99.